The van der Waals surface area contributed by atoms with Gasteiger partial charge < -0.3 is 26.5 Å². The number of primary amides is 1. The van der Waals surface area contributed by atoms with E-state index in [1.807, 2.05) is 0 Å². The van der Waals surface area contributed by atoms with Gasteiger partial charge in [-0.2, -0.15) is 0 Å². The van der Waals surface area contributed by atoms with Gasteiger partial charge in [0.05, 0.1) is 10.5 Å². The van der Waals surface area contributed by atoms with Crippen molar-refractivity contribution < 1.29 is 42.2 Å². The summed E-state index contributed by atoms with van der Waals surface area (Å²) in [5.41, 5.74) is 3.44. The van der Waals surface area contributed by atoms with Crippen LogP contribution in [0.4, 0.5) is 18.0 Å². The number of nitrogens with one attached hydrogen (secondary N) is 3. The summed E-state index contributed by atoms with van der Waals surface area (Å²) >= 11 is 12.8. The average molecular weight is 743 g/mol. The molecule has 2 unspecified atom stereocenters. The number of nitrogens with two attached hydrogens (primary N) is 1. The fourth-order valence-corrected chi connectivity index (χ4v) is 7.07. The maximum Gasteiger partial charge on any atom is 0.523 e. The fraction of sp³-hybridized carbons (Fsp3) is 0.471. The van der Waals surface area contributed by atoms with Crippen LogP contribution in [-0.2, 0) is 38.5 Å². The van der Waals surface area contributed by atoms with Gasteiger partial charge in [-0.3, -0.25) is 24.0 Å². The number of aromatic nitrogens is 1. The first-order valence-corrected chi connectivity index (χ1v) is 16.8. The molecular weight excluding hydrogens is 702 g/mol. The third-order valence-corrected chi connectivity index (χ3v) is 10.1. The number of fused-ring (bicyclic) bond motifs is 3. The van der Waals surface area contributed by atoms with Crippen molar-refractivity contribution in [2.45, 2.75) is 95.9 Å². The van der Waals surface area contributed by atoms with Gasteiger partial charge in [-0.1, -0.05) is 80.7 Å². The average Bonchev–Trinajstić information content (AvgIpc) is 3.40. The number of hydrogen-bond donors (Lipinski definition) is 5. The number of alkyl halides is 3. The molecule has 1 aliphatic carbocycles. The number of carbonyl (C=O) groups is 4. The maximum atomic E-state index is 14.6. The minimum absolute atomic E-state index is 0.0941. The number of carboxylic acid groups (broad SMARTS) is 1. The molecule has 1 aromatic heterocycles. The Labute approximate surface area is 297 Å². The lowest BCUT2D eigenvalue weighted by Crippen LogP contribution is -2.69. The van der Waals surface area contributed by atoms with Crippen LogP contribution in [0.25, 0.3) is 10.9 Å². The number of nitrogens with zero attached hydrogens (tertiary/aromatic N) is 1. The molecule has 272 valence electrons. The van der Waals surface area contributed by atoms with Gasteiger partial charge in [0.25, 0.3) is 0 Å². The molecule has 0 fully saturated rings. The van der Waals surface area contributed by atoms with Crippen molar-refractivity contribution in [3.05, 3.63) is 69.3 Å². The number of amides is 4. The van der Waals surface area contributed by atoms with E-state index in [0.717, 1.165) is 6.92 Å². The Kier molecular flexibility index (Phi) is 11.7. The topological polar surface area (TPSA) is 167 Å². The van der Waals surface area contributed by atoms with Crippen LogP contribution in [0.1, 0.15) is 63.8 Å². The highest BCUT2D eigenvalue weighted by Crippen LogP contribution is 2.39. The van der Waals surface area contributed by atoms with Gasteiger partial charge in [0.2, 0.25) is 17.7 Å². The van der Waals surface area contributed by atoms with Crippen LogP contribution in [0, 0.1) is 5.92 Å². The second-order valence-corrected chi connectivity index (χ2v) is 13.7. The van der Waals surface area contributed by atoms with Gasteiger partial charge in [-0.05, 0) is 55.4 Å². The third-order valence-electron chi connectivity index (χ3n) is 9.53. The van der Waals surface area contributed by atoms with Crippen molar-refractivity contribution in [3.8, 4) is 0 Å². The number of H-pyrrole nitrogens is 1. The Balaban J connectivity index is 1.88. The number of ether oxygens (including phenoxy) is 1. The minimum atomic E-state index is -5.26. The lowest BCUT2D eigenvalue weighted by atomic mass is 9.77. The Morgan fingerprint density at radius 2 is 1.80 bits per heavy atom. The lowest BCUT2D eigenvalue weighted by molar-refractivity contribution is -0.369. The van der Waals surface area contributed by atoms with Crippen molar-refractivity contribution in [2.24, 2.45) is 11.7 Å². The van der Waals surface area contributed by atoms with Crippen molar-refractivity contribution in [1.29, 1.82) is 0 Å². The van der Waals surface area contributed by atoms with Crippen LogP contribution in [0.2, 0.25) is 10.0 Å². The molecular formula is C34H40Cl2F3N5O6. The number of aryl methyl sites for hydroxylation is 1. The molecule has 1 heterocycles. The van der Waals surface area contributed by atoms with E-state index in [9.17, 15) is 37.5 Å². The molecule has 16 heteroatoms. The summed E-state index contributed by atoms with van der Waals surface area (Å²) in [4.78, 5) is 58.1. The van der Waals surface area contributed by atoms with E-state index in [-0.39, 0.29) is 19.3 Å². The molecule has 3 aromatic rings. The van der Waals surface area contributed by atoms with Crippen LogP contribution in [0.15, 0.2) is 42.5 Å². The SMILES string of the molecule is CC[C@H](C)[C@H](NC(=O)[C@@]1(NC(=O)C(N(Cc2ccccc2)C(=O)O)C(C)(CC)OC(F)(F)F)CCc2[nH]c3c(Cl)cc(Cl)cc3c2C1)C(N)=O. The molecule has 1 aliphatic rings. The molecule has 4 rings (SSSR count). The molecule has 11 nitrogen and oxygen atoms in total. The van der Waals surface area contributed by atoms with E-state index < -0.39 is 72.3 Å². The molecule has 0 aliphatic heterocycles. The van der Waals surface area contributed by atoms with Gasteiger partial charge in [-0.15, -0.1) is 13.2 Å². The number of halogens is 5. The highest BCUT2D eigenvalue weighted by atomic mass is 35.5. The zero-order valence-corrected chi connectivity index (χ0v) is 29.4. The molecule has 6 N–H and O–H groups in total. The highest BCUT2D eigenvalue weighted by Gasteiger charge is 2.54. The molecule has 5 atom stereocenters. The van der Waals surface area contributed by atoms with Crippen molar-refractivity contribution in [1.82, 2.24) is 20.5 Å². The Bertz CT molecular complexity index is 1760. The predicted molar refractivity (Wildman–Crippen MR) is 181 cm³/mol. The van der Waals surface area contributed by atoms with E-state index >= 15 is 0 Å². The number of aromatic amines is 1. The van der Waals surface area contributed by atoms with Gasteiger partial charge in [0.15, 0.2) is 0 Å². The van der Waals surface area contributed by atoms with Crippen LogP contribution in [-0.4, -0.2) is 68.4 Å². The normalized spacial score (nSPS) is 19.1. The molecule has 0 spiro atoms. The van der Waals surface area contributed by atoms with Crippen molar-refractivity contribution >= 4 is 57.9 Å². The van der Waals surface area contributed by atoms with E-state index in [0.29, 0.717) is 49.1 Å². The molecule has 2 aromatic carbocycles. The minimum Gasteiger partial charge on any atom is -0.465 e. The third kappa shape index (κ3) is 8.30. The second kappa shape index (κ2) is 15.1. The van der Waals surface area contributed by atoms with E-state index in [1.54, 1.807) is 50.2 Å². The van der Waals surface area contributed by atoms with E-state index in [1.165, 1.54) is 13.0 Å². The van der Waals surface area contributed by atoms with Gasteiger partial charge in [0, 0.05) is 29.1 Å². The van der Waals surface area contributed by atoms with Crippen molar-refractivity contribution in [2.75, 3.05) is 0 Å². The van der Waals surface area contributed by atoms with Gasteiger partial charge in [-0.25, -0.2) is 4.79 Å². The number of benzene rings is 2. The zero-order chi connectivity index (χ0) is 37.2. The van der Waals surface area contributed by atoms with Crippen LogP contribution in [0.5, 0.6) is 0 Å². The van der Waals surface area contributed by atoms with Crippen LogP contribution in [0.3, 0.4) is 0 Å². The Morgan fingerprint density at radius 1 is 1.14 bits per heavy atom. The van der Waals surface area contributed by atoms with Crippen molar-refractivity contribution in [3.63, 3.8) is 0 Å². The maximum absolute atomic E-state index is 14.6. The molecule has 0 radical (unpaired) electrons. The quantitative estimate of drug-likeness (QED) is 0.142. The molecule has 0 saturated carbocycles. The highest BCUT2D eigenvalue weighted by molar-refractivity contribution is 6.38. The molecule has 0 saturated heterocycles. The first-order chi connectivity index (χ1) is 23.3. The Morgan fingerprint density at radius 3 is 2.36 bits per heavy atom. The Hall–Kier alpha value is -4.01. The monoisotopic (exact) mass is 741 g/mol. The van der Waals surface area contributed by atoms with Crippen LogP contribution < -0.4 is 16.4 Å². The summed E-state index contributed by atoms with van der Waals surface area (Å²) in [5, 5.41) is 16.9. The van der Waals surface area contributed by atoms with Gasteiger partial charge >= 0.3 is 12.5 Å². The zero-order valence-electron chi connectivity index (χ0n) is 27.9. The second-order valence-electron chi connectivity index (χ2n) is 12.9. The number of rotatable bonds is 13. The summed E-state index contributed by atoms with van der Waals surface area (Å²) < 4.78 is 46.3. The van der Waals surface area contributed by atoms with Crippen LogP contribution >= 0.6 is 23.2 Å². The summed E-state index contributed by atoms with van der Waals surface area (Å²) in [6.45, 7) is 5.33. The standard InChI is InChI=1S/C34H40Cl2F3N5O6/c1-5-18(3)25(28(40)45)42-30(47)33(13-12-24-22(16-33)21-14-20(35)15-23(36)26(21)41-24)43-29(46)27(32(4,6-2)50-34(37,38)39)44(31(48)49)17-19-10-8-7-9-11-19/h7-11,14-15,18,25,27,41H,5-6,12-13,16-17H2,1-4H3,(H2,40,45)(H,42,47)(H,43,46)(H,48,49)/t18-,25-,27?,32?,33+/m0/s1. The predicted octanol–water partition coefficient (Wildman–Crippen LogP) is 6.09. The molecule has 0 bridgehead atoms. The number of carbonyl (C=O) groups excluding carboxylic acids is 3. The molecule has 4 amide bonds. The van der Waals surface area contributed by atoms with E-state index in [4.69, 9.17) is 28.9 Å². The summed E-state index contributed by atoms with van der Waals surface area (Å²) in [7, 11) is 0. The number of hydrogen-bond acceptors (Lipinski definition) is 5. The van der Waals surface area contributed by atoms with E-state index in [2.05, 4.69) is 20.4 Å². The van der Waals surface area contributed by atoms with Gasteiger partial charge in [0.1, 0.15) is 23.2 Å². The molecule has 50 heavy (non-hydrogen) atoms. The summed E-state index contributed by atoms with van der Waals surface area (Å²) in [6.07, 6.45) is -7.12. The fourth-order valence-electron chi connectivity index (χ4n) is 6.53. The summed E-state index contributed by atoms with van der Waals surface area (Å²) in [5.74, 6) is -3.29. The largest absolute Gasteiger partial charge is 0.523 e. The first kappa shape index (κ1) is 38.8. The first-order valence-electron chi connectivity index (χ1n) is 16.1. The summed E-state index contributed by atoms with van der Waals surface area (Å²) in [6, 6.07) is 7.89. The lowest BCUT2D eigenvalue weighted by Gasteiger charge is -2.44. The smallest absolute Gasteiger partial charge is 0.465 e.